The van der Waals surface area contributed by atoms with Gasteiger partial charge in [-0.1, -0.05) is 24.6 Å². The molecule has 0 amide bonds. The minimum absolute atomic E-state index is 0.0847. The van der Waals surface area contributed by atoms with Gasteiger partial charge in [-0.05, 0) is 63.5 Å². The predicted molar refractivity (Wildman–Crippen MR) is 89.0 cm³/mol. The summed E-state index contributed by atoms with van der Waals surface area (Å²) in [5.74, 6) is 1.66. The lowest BCUT2D eigenvalue weighted by molar-refractivity contribution is 0.100. The Bertz CT molecular complexity index is 457. The topological polar surface area (TPSA) is 41.5 Å². The Balaban J connectivity index is 1.49. The molecule has 0 radical (unpaired) electrons. The molecule has 2 saturated carbocycles. The van der Waals surface area contributed by atoms with Crippen molar-refractivity contribution in [3.05, 3.63) is 29.8 Å². The summed E-state index contributed by atoms with van der Waals surface area (Å²) >= 11 is 0. The molecule has 2 N–H and O–H groups in total. The summed E-state index contributed by atoms with van der Waals surface area (Å²) in [5, 5.41) is 13.3. The van der Waals surface area contributed by atoms with Gasteiger partial charge in [-0.3, -0.25) is 0 Å². The van der Waals surface area contributed by atoms with Gasteiger partial charge in [-0.15, -0.1) is 0 Å². The summed E-state index contributed by atoms with van der Waals surface area (Å²) < 4.78 is 6.19. The fourth-order valence-electron chi connectivity index (χ4n) is 3.81. The lowest BCUT2D eigenvalue weighted by Gasteiger charge is -2.26. The minimum Gasteiger partial charge on any atom is -0.490 e. The van der Waals surface area contributed by atoms with Gasteiger partial charge in [0.15, 0.2) is 0 Å². The number of ether oxygens (including phenoxy) is 1. The summed E-state index contributed by atoms with van der Waals surface area (Å²) in [4.78, 5) is 0. The Morgan fingerprint density at radius 1 is 1.05 bits per heavy atom. The SMILES string of the molecule is OC1CCCC(CNCc2ccccc2OC2CCCC2)C1. The number of nitrogens with one attached hydrogen (secondary N) is 1. The number of para-hydroxylation sites is 1. The van der Waals surface area contributed by atoms with E-state index >= 15 is 0 Å². The summed E-state index contributed by atoms with van der Waals surface area (Å²) in [6, 6.07) is 8.40. The zero-order valence-corrected chi connectivity index (χ0v) is 13.5. The molecule has 2 atom stereocenters. The van der Waals surface area contributed by atoms with Crippen LogP contribution in [0.4, 0.5) is 0 Å². The molecule has 0 aliphatic heterocycles. The number of aliphatic hydroxyl groups is 1. The van der Waals surface area contributed by atoms with E-state index < -0.39 is 0 Å². The monoisotopic (exact) mass is 303 g/mol. The van der Waals surface area contributed by atoms with Crippen LogP contribution in [0.5, 0.6) is 5.75 Å². The molecule has 0 bridgehead atoms. The summed E-state index contributed by atoms with van der Waals surface area (Å²) in [6.07, 6.45) is 9.65. The molecule has 3 heteroatoms. The largest absolute Gasteiger partial charge is 0.490 e. The average molecular weight is 303 g/mol. The number of hydrogen-bond donors (Lipinski definition) is 2. The van der Waals surface area contributed by atoms with E-state index in [1.807, 2.05) is 0 Å². The van der Waals surface area contributed by atoms with Gasteiger partial charge in [0.05, 0.1) is 12.2 Å². The van der Waals surface area contributed by atoms with Crippen molar-refractivity contribution >= 4 is 0 Å². The van der Waals surface area contributed by atoms with Gasteiger partial charge >= 0.3 is 0 Å². The fourth-order valence-corrected chi connectivity index (χ4v) is 3.81. The zero-order valence-electron chi connectivity index (χ0n) is 13.5. The van der Waals surface area contributed by atoms with Gasteiger partial charge in [0.1, 0.15) is 5.75 Å². The molecule has 2 fully saturated rings. The van der Waals surface area contributed by atoms with E-state index in [4.69, 9.17) is 4.74 Å². The quantitative estimate of drug-likeness (QED) is 0.843. The van der Waals surface area contributed by atoms with Crippen LogP contribution < -0.4 is 10.1 Å². The van der Waals surface area contributed by atoms with E-state index in [0.717, 1.165) is 38.1 Å². The summed E-state index contributed by atoms with van der Waals surface area (Å²) in [5.41, 5.74) is 1.26. The third-order valence-electron chi connectivity index (χ3n) is 5.07. The molecule has 2 aliphatic carbocycles. The second-order valence-corrected chi connectivity index (χ2v) is 6.95. The molecule has 3 rings (SSSR count). The molecule has 3 nitrogen and oxygen atoms in total. The number of benzene rings is 1. The lowest BCUT2D eigenvalue weighted by atomic mass is 9.87. The lowest BCUT2D eigenvalue weighted by Crippen LogP contribution is -2.29. The van der Waals surface area contributed by atoms with E-state index in [9.17, 15) is 5.11 Å². The third-order valence-corrected chi connectivity index (χ3v) is 5.07. The first-order chi connectivity index (χ1) is 10.8. The molecular weight excluding hydrogens is 274 g/mol. The maximum Gasteiger partial charge on any atom is 0.124 e. The molecule has 0 heterocycles. The van der Waals surface area contributed by atoms with Crippen molar-refractivity contribution in [1.29, 1.82) is 0 Å². The highest BCUT2D eigenvalue weighted by Crippen LogP contribution is 2.27. The Morgan fingerprint density at radius 3 is 2.68 bits per heavy atom. The number of hydrogen-bond acceptors (Lipinski definition) is 3. The van der Waals surface area contributed by atoms with Gasteiger partial charge in [0.25, 0.3) is 0 Å². The third kappa shape index (κ3) is 4.47. The van der Waals surface area contributed by atoms with Crippen LogP contribution in [0.15, 0.2) is 24.3 Å². The van der Waals surface area contributed by atoms with Crippen molar-refractivity contribution in [1.82, 2.24) is 5.32 Å². The van der Waals surface area contributed by atoms with Crippen molar-refractivity contribution < 1.29 is 9.84 Å². The first-order valence-electron chi connectivity index (χ1n) is 8.94. The summed E-state index contributed by atoms with van der Waals surface area (Å²) in [7, 11) is 0. The fraction of sp³-hybridized carbons (Fsp3) is 0.684. The van der Waals surface area contributed by atoms with Crippen LogP contribution >= 0.6 is 0 Å². The van der Waals surface area contributed by atoms with E-state index in [1.54, 1.807) is 0 Å². The Labute approximate surface area is 134 Å². The van der Waals surface area contributed by atoms with Crippen LogP contribution in [0.25, 0.3) is 0 Å². The Morgan fingerprint density at radius 2 is 1.86 bits per heavy atom. The molecule has 0 saturated heterocycles. The van der Waals surface area contributed by atoms with Crippen molar-refractivity contribution in [3.63, 3.8) is 0 Å². The molecule has 1 aromatic carbocycles. The molecule has 0 aromatic heterocycles. The van der Waals surface area contributed by atoms with Gasteiger partial charge in [-0.25, -0.2) is 0 Å². The highest BCUT2D eigenvalue weighted by molar-refractivity contribution is 5.33. The van der Waals surface area contributed by atoms with Gasteiger partial charge in [0, 0.05) is 12.1 Å². The van der Waals surface area contributed by atoms with E-state index in [1.165, 1.54) is 37.7 Å². The first-order valence-corrected chi connectivity index (χ1v) is 8.94. The number of aliphatic hydroxyl groups excluding tert-OH is 1. The van der Waals surface area contributed by atoms with Crippen LogP contribution in [-0.2, 0) is 6.54 Å². The van der Waals surface area contributed by atoms with Crippen molar-refractivity contribution in [2.75, 3.05) is 6.54 Å². The molecule has 2 unspecified atom stereocenters. The Hall–Kier alpha value is -1.06. The first kappa shape index (κ1) is 15.8. The van der Waals surface area contributed by atoms with Crippen LogP contribution in [0.2, 0.25) is 0 Å². The summed E-state index contributed by atoms with van der Waals surface area (Å²) in [6.45, 7) is 1.85. The van der Waals surface area contributed by atoms with Crippen molar-refractivity contribution in [2.24, 2.45) is 5.92 Å². The second-order valence-electron chi connectivity index (χ2n) is 6.95. The number of rotatable bonds is 6. The maximum absolute atomic E-state index is 9.75. The van der Waals surface area contributed by atoms with Crippen LogP contribution in [0, 0.1) is 5.92 Å². The smallest absolute Gasteiger partial charge is 0.124 e. The molecular formula is C19H29NO2. The van der Waals surface area contributed by atoms with E-state index in [0.29, 0.717) is 12.0 Å². The van der Waals surface area contributed by atoms with E-state index in [2.05, 4.69) is 29.6 Å². The standard InChI is InChI=1S/C19H29NO2/c21-17-8-5-6-15(12-17)13-20-14-16-7-1-4-11-19(16)22-18-9-2-3-10-18/h1,4,7,11,15,17-18,20-21H,2-3,5-6,8-10,12-14H2. The van der Waals surface area contributed by atoms with Crippen molar-refractivity contribution in [3.8, 4) is 5.75 Å². The molecule has 2 aliphatic rings. The normalized spacial score (nSPS) is 26.2. The molecule has 0 spiro atoms. The van der Waals surface area contributed by atoms with Crippen LogP contribution in [0.3, 0.4) is 0 Å². The van der Waals surface area contributed by atoms with Gasteiger partial charge < -0.3 is 15.2 Å². The van der Waals surface area contributed by atoms with Crippen molar-refractivity contribution in [2.45, 2.75) is 70.1 Å². The van der Waals surface area contributed by atoms with Gasteiger partial charge in [0.2, 0.25) is 0 Å². The highest BCUT2D eigenvalue weighted by Gasteiger charge is 2.20. The zero-order chi connectivity index (χ0) is 15.2. The predicted octanol–water partition coefficient (Wildman–Crippen LogP) is 3.65. The minimum atomic E-state index is -0.0847. The Kier molecular flexibility index (Phi) is 5.74. The van der Waals surface area contributed by atoms with E-state index in [-0.39, 0.29) is 6.10 Å². The molecule has 22 heavy (non-hydrogen) atoms. The average Bonchev–Trinajstić information content (AvgIpc) is 3.02. The maximum atomic E-state index is 9.75. The van der Waals surface area contributed by atoms with Crippen LogP contribution in [-0.4, -0.2) is 23.9 Å². The molecule has 1 aromatic rings. The highest BCUT2D eigenvalue weighted by atomic mass is 16.5. The molecule has 122 valence electrons. The second kappa shape index (κ2) is 7.98. The van der Waals surface area contributed by atoms with Gasteiger partial charge in [-0.2, -0.15) is 0 Å². The van der Waals surface area contributed by atoms with Crippen LogP contribution in [0.1, 0.15) is 56.9 Å².